The summed E-state index contributed by atoms with van der Waals surface area (Å²) in [5, 5.41) is 2.87. The molecule has 0 aromatic heterocycles. The van der Waals surface area contributed by atoms with Gasteiger partial charge in [0.25, 0.3) is 5.91 Å². The molecule has 0 aliphatic heterocycles. The highest BCUT2D eigenvalue weighted by Crippen LogP contribution is 2.17. The highest BCUT2D eigenvalue weighted by atomic mass is 32.2. The minimum atomic E-state index is -3.51. The maximum Gasteiger partial charge on any atom is 0.251 e. The van der Waals surface area contributed by atoms with Gasteiger partial charge in [0.1, 0.15) is 0 Å². The minimum Gasteiger partial charge on any atom is -0.352 e. The van der Waals surface area contributed by atoms with Crippen molar-refractivity contribution in [3.05, 3.63) is 29.8 Å². The molecule has 1 aromatic carbocycles. The molecular weight excluding hydrogens is 350 g/mol. The normalized spacial score (nSPS) is 11.7. The van der Waals surface area contributed by atoms with Gasteiger partial charge in [0.05, 0.1) is 4.90 Å². The van der Waals surface area contributed by atoms with E-state index >= 15 is 0 Å². The molecule has 3 N–H and O–H groups in total. The van der Waals surface area contributed by atoms with Gasteiger partial charge in [-0.2, -0.15) is 4.31 Å². The second-order valence-electron chi connectivity index (χ2n) is 6.39. The summed E-state index contributed by atoms with van der Waals surface area (Å²) in [6.07, 6.45) is 5.58. The topological polar surface area (TPSA) is 92.5 Å². The standard InChI is InChI=1S/C19H33N3O3S/c1-3-15-22(16-4-2)26(24,25)18-11-9-17(10-12-18)19(23)21-14-8-6-5-7-13-20/h9-12H,3-8,13-16,20H2,1-2H3,(H,21,23). The van der Waals surface area contributed by atoms with Gasteiger partial charge in [0.2, 0.25) is 10.0 Å². The van der Waals surface area contributed by atoms with Crippen molar-refractivity contribution in [1.29, 1.82) is 0 Å². The van der Waals surface area contributed by atoms with Gasteiger partial charge < -0.3 is 11.1 Å². The molecule has 0 saturated heterocycles. The van der Waals surface area contributed by atoms with Gasteiger partial charge in [-0.1, -0.05) is 26.7 Å². The molecule has 0 aliphatic carbocycles. The molecule has 1 rings (SSSR count). The van der Waals surface area contributed by atoms with Crippen LogP contribution in [0.4, 0.5) is 0 Å². The predicted octanol–water partition coefficient (Wildman–Crippen LogP) is 2.75. The fourth-order valence-electron chi connectivity index (χ4n) is 2.71. The molecule has 0 atom stereocenters. The molecule has 0 fully saturated rings. The van der Waals surface area contributed by atoms with Crippen LogP contribution in [0.15, 0.2) is 29.2 Å². The smallest absolute Gasteiger partial charge is 0.251 e. The third kappa shape index (κ3) is 7.05. The number of hydrogen-bond acceptors (Lipinski definition) is 4. The first-order chi connectivity index (χ1) is 12.5. The van der Waals surface area contributed by atoms with Crippen molar-refractivity contribution in [2.75, 3.05) is 26.2 Å². The molecule has 26 heavy (non-hydrogen) atoms. The molecular formula is C19H33N3O3S. The minimum absolute atomic E-state index is 0.174. The molecule has 0 aliphatic rings. The van der Waals surface area contributed by atoms with Crippen LogP contribution in [-0.2, 0) is 10.0 Å². The highest BCUT2D eigenvalue weighted by molar-refractivity contribution is 7.89. The predicted molar refractivity (Wildman–Crippen MR) is 106 cm³/mol. The van der Waals surface area contributed by atoms with Crippen LogP contribution in [0.3, 0.4) is 0 Å². The van der Waals surface area contributed by atoms with Crippen molar-refractivity contribution in [3.63, 3.8) is 0 Å². The zero-order valence-electron chi connectivity index (χ0n) is 16.0. The van der Waals surface area contributed by atoms with Crippen LogP contribution < -0.4 is 11.1 Å². The number of amides is 1. The zero-order valence-corrected chi connectivity index (χ0v) is 16.9. The maximum absolute atomic E-state index is 12.7. The Balaban J connectivity index is 2.65. The van der Waals surface area contributed by atoms with Crippen LogP contribution in [0.5, 0.6) is 0 Å². The molecule has 0 saturated carbocycles. The molecule has 7 heteroatoms. The summed E-state index contributed by atoms with van der Waals surface area (Å²) in [5.74, 6) is -0.174. The van der Waals surface area contributed by atoms with Gasteiger partial charge in [0, 0.05) is 25.2 Å². The number of hydrogen-bond donors (Lipinski definition) is 2. The lowest BCUT2D eigenvalue weighted by atomic mass is 10.2. The van der Waals surface area contributed by atoms with Gasteiger partial charge in [-0.3, -0.25) is 4.79 Å². The Morgan fingerprint density at radius 2 is 1.58 bits per heavy atom. The molecule has 0 heterocycles. The highest BCUT2D eigenvalue weighted by Gasteiger charge is 2.23. The first-order valence-electron chi connectivity index (χ1n) is 9.55. The van der Waals surface area contributed by atoms with Gasteiger partial charge >= 0.3 is 0 Å². The van der Waals surface area contributed by atoms with E-state index in [4.69, 9.17) is 5.73 Å². The van der Waals surface area contributed by atoms with Crippen molar-refractivity contribution in [2.24, 2.45) is 5.73 Å². The number of unbranched alkanes of at least 4 members (excludes halogenated alkanes) is 3. The summed E-state index contributed by atoms with van der Waals surface area (Å²) in [4.78, 5) is 12.4. The Labute approximate surface area is 158 Å². The van der Waals surface area contributed by atoms with Crippen LogP contribution in [0, 0.1) is 0 Å². The number of nitrogens with zero attached hydrogens (tertiary/aromatic N) is 1. The Kier molecular flexibility index (Phi) is 10.5. The fourth-order valence-corrected chi connectivity index (χ4v) is 4.33. The van der Waals surface area contributed by atoms with Crippen LogP contribution in [0.25, 0.3) is 0 Å². The third-order valence-electron chi connectivity index (χ3n) is 4.12. The summed E-state index contributed by atoms with van der Waals surface area (Å²) >= 11 is 0. The quantitative estimate of drug-likeness (QED) is 0.512. The van der Waals surface area contributed by atoms with E-state index in [2.05, 4.69) is 5.32 Å². The summed E-state index contributed by atoms with van der Waals surface area (Å²) in [5.41, 5.74) is 5.92. The van der Waals surface area contributed by atoms with E-state index < -0.39 is 10.0 Å². The lowest BCUT2D eigenvalue weighted by Crippen LogP contribution is -2.32. The molecule has 0 bridgehead atoms. The van der Waals surface area contributed by atoms with Crippen molar-refractivity contribution in [3.8, 4) is 0 Å². The van der Waals surface area contributed by atoms with Crippen LogP contribution in [0.1, 0.15) is 62.7 Å². The van der Waals surface area contributed by atoms with Crippen LogP contribution >= 0.6 is 0 Å². The zero-order chi connectivity index (χ0) is 19.4. The van der Waals surface area contributed by atoms with E-state index in [0.717, 1.165) is 38.5 Å². The van der Waals surface area contributed by atoms with Gasteiger partial charge in [-0.15, -0.1) is 0 Å². The van der Waals surface area contributed by atoms with E-state index in [1.54, 1.807) is 12.1 Å². The number of benzene rings is 1. The van der Waals surface area contributed by atoms with Gasteiger partial charge in [0.15, 0.2) is 0 Å². The number of sulfonamides is 1. The summed E-state index contributed by atoms with van der Waals surface area (Å²) in [7, 11) is -3.51. The number of nitrogens with one attached hydrogen (secondary N) is 1. The second-order valence-corrected chi connectivity index (χ2v) is 8.33. The summed E-state index contributed by atoms with van der Waals surface area (Å²) < 4.78 is 26.9. The molecule has 0 unspecified atom stereocenters. The monoisotopic (exact) mass is 383 g/mol. The average Bonchev–Trinajstić information content (AvgIpc) is 2.64. The molecule has 0 radical (unpaired) electrons. The first-order valence-corrected chi connectivity index (χ1v) is 11.0. The van der Waals surface area contributed by atoms with E-state index in [-0.39, 0.29) is 10.8 Å². The number of carbonyl (C=O) groups is 1. The Bertz CT molecular complexity index is 624. The van der Waals surface area contributed by atoms with Crippen molar-refractivity contribution in [1.82, 2.24) is 9.62 Å². The van der Waals surface area contributed by atoms with Gasteiger partial charge in [-0.05, 0) is 56.5 Å². The fraction of sp³-hybridized carbons (Fsp3) is 0.632. The number of carbonyl (C=O) groups excluding carboxylic acids is 1. The Hall–Kier alpha value is -1.44. The van der Waals surface area contributed by atoms with E-state index in [1.165, 1.54) is 16.4 Å². The Morgan fingerprint density at radius 3 is 2.12 bits per heavy atom. The molecule has 1 amide bonds. The second kappa shape index (κ2) is 12.0. The summed E-state index contributed by atoms with van der Waals surface area (Å²) in [6.45, 7) is 6.24. The summed E-state index contributed by atoms with van der Waals surface area (Å²) in [6, 6.07) is 6.19. The largest absolute Gasteiger partial charge is 0.352 e. The van der Waals surface area contributed by atoms with Gasteiger partial charge in [-0.25, -0.2) is 8.42 Å². The van der Waals surface area contributed by atoms with E-state index in [9.17, 15) is 13.2 Å². The number of rotatable bonds is 13. The van der Waals surface area contributed by atoms with E-state index in [1.807, 2.05) is 13.8 Å². The van der Waals surface area contributed by atoms with Crippen LogP contribution in [-0.4, -0.2) is 44.8 Å². The maximum atomic E-state index is 12.7. The van der Waals surface area contributed by atoms with Crippen molar-refractivity contribution < 1.29 is 13.2 Å². The third-order valence-corrected chi connectivity index (χ3v) is 6.03. The molecule has 0 spiro atoms. The molecule has 148 valence electrons. The lowest BCUT2D eigenvalue weighted by molar-refractivity contribution is 0.0953. The lowest BCUT2D eigenvalue weighted by Gasteiger charge is -2.21. The Morgan fingerprint density at radius 1 is 1.00 bits per heavy atom. The number of nitrogens with two attached hydrogens (primary N) is 1. The van der Waals surface area contributed by atoms with Crippen LogP contribution in [0.2, 0.25) is 0 Å². The van der Waals surface area contributed by atoms with Crippen molar-refractivity contribution in [2.45, 2.75) is 57.3 Å². The first kappa shape index (κ1) is 22.6. The van der Waals surface area contributed by atoms with E-state index in [0.29, 0.717) is 31.7 Å². The average molecular weight is 384 g/mol. The van der Waals surface area contributed by atoms with Crippen molar-refractivity contribution >= 4 is 15.9 Å². The molecule has 1 aromatic rings. The SMILES string of the molecule is CCCN(CCC)S(=O)(=O)c1ccc(C(=O)NCCCCCCN)cc1. The molecule has 6 nitrogen and oxygen atoms in total.